The van der Waals surface area contributed by atoms with E-state index in [1.165, 1.54) is 0 Å². The molecule has 0 aliphatic carbocycles. The number of hydrogen-bond acceptors (Lipinski definition) is 3. The smallest absolute Gasteiger partial charge is 0.145 e. The van der Waals surface area contributed by atoms with Gasteiger partial charge in [0.05, 0.1) is 26.5 Å². The first kappa shape index (κ1) is 13.2. The Kier molecular flexibility index (Phi) is 5.22. The van der Waals surface area contributed by atoms with Crippen molar-refractivity contribution in [2.75, 3.05) is 26.1 Å². The summed E-state index contributed by atoms with van der Waals surface area (Å²) < 4.78 is 10.4. The van der Waals surface area contributed by atoms with Gasteiger partial charge in [-0.2, -0.15) is 0 Å². The summed E-state index contributed by atoms with van der Waals surface area (Å²) in [5, 5.41) is 3.22. The number of rotatable bonds is 4. The number of nitrogens with one attached hydrogen (secondary N) is 1. The highest BCUT2D eigenvalue weighted by molar-refractivity contribution is 5.59. The molecule has 0 heterocycles. The highest BCUT2D eigenvalue weighted by atomic mass is 16.5. The molecule has 0 aromatic heterocycles. The van der Waals surface area contributed by atoms with Crippen molar-refractivity contribution in [3.63, 3.8) is 0 Å². The molecule has 17 heavy (non-hydrogen) atoms. The molecule has 0 aliphatic heterocycles. The molecule has 0 saturated heterocycles. The summed E-state index contributed by atoms with van der Waals surface area (Å²) in [6, 6.07) is 5.66. The maximum absolute atomic E-state index is 5.28. The number of ether oxygens (including phenoxy) is 2. The zero-order chi connectivity index (χ0) is 12.7. The Bertz CT molecular complexity index is 416. The quantitative estimate of drug-likeness (QED) is 0.811. The van der Waals surface area contributed by atoms with Gasteiger partial charge in [0.2, 0.25) is 0 Å². The first-order valence-electron chi connectivity index (χ1n) is 5.61. The first-order valence-corrected chi connectivity index (χ1v) is 5.61. The molecular formula is C14H19NO2. The van der Waals surface area contributed by atoms with Crippen LogP contribution in [0.15, 0.2) is 18.2 Å². The Balaban J connectivity index is 2.68. The summed E-state index contributed by atoms with van der Waals surface area (Å²) in [6.45, 7) is 4.75. The van der Waals surface area contributed by atoms with Crippen LogP contribution in [0.1, 0.15) is 13.8 Å². The second-order valence-electron chi connectivity index (χ2n) is 3.90. The molecule has 0 aliphatic rings. The normalized spacial score (nSPS) is 9.47. The Morgan fingerprint density at radius 1 is 1.24 bits per heavy atom. The molecule has 0 bridgehead atoms. The van der Waals surface area contributed by atoms with Gasteiger partial charge in [0.15, 0.2) is 0 Å². The van der Waals surface area contributed by atoms with Gasteiger partial charge >= 0.3 is 0 Å². The van der Waals surface area contributed by atoms with Crippen LogP contribution in [0, 0.1) is 17.8 Å². The fourth-order valence-corrected chi connectivity index (χ4v) is 1.34. The zero-order valence-electron chi connectivity index (χ0n) is 10.8. The van der Waals surface area contributed by atoms with Crippen LogP contribution >= 0.6 is 0 Å². The highest BCUT2D eigenvalue weighted by Crippen LogP contribution is 2.28. The summed E-state index contributed by atoms with van der Waals surface area (Å²) in [6.07, 6.45) is 0. The average molecular weight is 233 g/mol. The van der Waals surface area contributed by atoms with Gasteiger partial charge in [0, 0.05) is 12.0 Å². The van der Waals surface area contributed by atoms with Crippen LogP contribution < -0.4 is 14.8 Å². The molecule has 0 saturated carbocycles. The number of methoxy groups -OCH3 is 2. The van der Waals surface area contributed by atoms with Crippen LogP contribution in [-0.4, -0.2) is 20.8 Å². The molecule has 3 nitrogen and oxygen atoms in total. The Morgan fingerprint density at radius 2 is 2.00 bits per heavy atom. The van der Waals surface area contributed by atoms with Crippen LogP contribution in [0.2, 0.25) is 0 Å². The van der Waals surface area contributed by atoms with Gasteiger partial charge < -0.3 is 14.8 Å². The van der Waals surface area contributed by atoms with Gasteiger partial charge in [0.25, 0.3) is 0 Å². The highest BCUT2D eigenvalue weighted by Gasteiger charge is 2.03. The predicted molar refractivity (Wildman–Crippen MR) is 70.6 cm³/mol. The second-order valence-corrected chi connectivity index (χ2v) is 3.90. The lowest BCUT2D eigenvalue weighted by atomic mass is 10.2. The van der Waals surface area contributed by atoms with E-state index in [-0.39, 0.29) is 0 Å². The maximum atomic E-state index is 5.28. The molecule has 3 heteroatoms. The van der Waals surface area contributed by atoms with Crippen molar-refractivity contribution in [2.24, 2.45) is 5.92 Å². The first-order chi connectivity index (χ1) is 8.17. The monoisotopic (exact) mass is 233 g/mol. The van der Waals surface area contributed by atoms with Crippen molar-refractivity contribution in [2.45, 2.75) is 13.8 Å². The van der Waals surface area contributed by atoms with E-state index in [1.54, 1.807) is 14.2 Å². The van der Waals surface area contributed by atoms with Gasteiger partial charge in [-0.1, -0.05) is 25.7 Å². The molecule has 1 N–H and O–H groups in total. The lowest BCUT2D eigenvalue weighted by molar-refractivity contribution is 0.395. The van der Waals surface area contributed by atoms with Gasteiger partial charge in [-0.05, 0) is 12.1 Å². The number of anilines is 1. The molecular weight excluding hydrogens is 214 g/mol. The Labute approximate surface area is 103 Å². The molecule has 0 amide bonds. The minimum atomic E-state index is 0.398. The Morgan fingerprint density at radius 3 is 2.59 bits per heavy atom. The van der Waals surface area contributed by atoms with Gasteiger partial charge in [-0.3, -0.25) is 0 Å². The molecule has 0 fully saturated rings. The lowest BCUT2D eigenvalue weighted by Crippen LogP contribution is -2.01. The predicted octanol–water partition coefficient (Wildman–Crippen LogP) is 2.78. The average Bonchev–Trinajstić information content (AvgIpc) is 2.34. The van der Waals surface area contributed by atoms with E-state index >= 15 is 0 Å². The van der Waals surface area contributed by atoms with E-state index in [9.17, 15) is 0 Å². The summed E-state index contributed by atoms with van der Waals surface area (Å²) in [7, 11) is 3.27. The molecule has 1 aromatic rings. The summed E-state index contributed by atoms with van der Waals surface area (Å²) in [5.74, 6) is 8.10. The molecule has 0 spiro atoms. The van der Waals surface area contributed by atoms with Crippen molar-refractivity contribution in [1.29, 1.82) is 0 Å². The van der Waals surface area contributed by atoms with E-state index in [2.05, 4.69) is 31.0 Å². The summed E-state index contributed by atoms with van der Waals surface area (Å²) in [5.41, 5.74) is 0.923. The summed E-state index contributed by atoms with van der Waals surface area (Å²) >= 11 is 0. The van der Waals surface area contributed by atoms with Gasteiger partial charge in [-0.15, -0.1) is 0 Å². The van der Waals surface area contributed by atoms with Crippen LogP contribution in [0.5, 0.6) is 11.5 Å². The molecule has 92 valence electrons. The molecule has 1 rings (SSSR count). The number of benzene rings is 1. The van der Waals surface area contributed by atoms with Crippen molar-refractivity contribution in [3.05, 3.63) is 18.2 Å². The van der Waals surface area contributed by atoms with Crippen molar-refractivity contribution >= 4 is 5.69 Å². The topological polar surface area (TPSA) is 30.5 Å². The zero-order valence-corrected chi connectivity index (χ0v) is 10.8. The SMILES string of the molecule is COc1ccc(NCC#CC(C)C)c(OC)c1. The van der Waals surface area contributed by atoms with Crippen molar-refractivity contribution in [1.82, 2.24) is 0 Å². The van der Waals surface area contributed by atoms with Crippen LogP contribution in [0.25, 0.3) is 0 Å². The third-order valence-corrected chi connectivity index (χ3v) is 2.17. The van der Waals surface area contributed by atoms with Gasteiger partial charge in [0.1, 0.15) is 11.5 Å². The van der Waals surface area contributed by atoms with Crippen molar-refractivity contribution in [3.8, 4) is 23.3 Å². The maximum Gasteiger partial charge on any atom is 0.145 e. The van der Waals surface area contributed by atoms with Crippen molar-refractivity contribution < 1.29 is 9.47 Å². The fourth-order valence-electron chi connectivity index (χ4n) is 1.34. The summed E-state index contributed by atoms with van der Waals surface area (Å²) in [4.78, 5) is 0. The largest absolute Gasteiger partial charge is 0.497 e. The minimum absolute atomic E-state index is 0.398. The van der Waals surface area contributed by atoms with E-state index < -0.39 is 0 Å². The molecule has 1 aromatic carbocycles. The molecule has 0 unspecified atom stereocenters. The van der Waals surface area contributed by atoms with E-state index in [0.29, 0.717) is 12.5 Å². The van der Waals surface area contributed by atoms with E-state index in [0.717, 1.165) is 17.2 Å². The van der Waals surface area contributed by atoms with Crippen LogP contribution in [0.3, 0.4) is 0 Å². The minimum Gasteiger partial charge on any atom is -0.497 e. The van der Waals surface area contributed by atoms with Crippen LogP contribution in [-0.2, 0) is 0 Å². The van der Waals surface area contributed by atoms with E-state index in [4.69, 9.17) is 9.47 Å². The fraction of sp³-hybridized carbons (Fsp3) is 0.429. The Hall–Kier alpha value is -1.82. The third kappa shape index (κ3) is 4.28. The second kappa shape index (κ2) is 6.70. The number of hydrogen-bond donors (Lipinski definition) is 1. The van der Waals surface area contributed by atoms with Gasteiger partial charge in [-0.25, -0.2) is 0 Å². The molecule has 0 atom stereocenters. The lowest BCUT2D eigenvalue weighted by Gasteiger charge is -2.10. The third-order valence-electron chi connectivity index (χ3n) is 2.17. The van der Waals surface area contributed by atoms with E-state index in [1.807, 2.05) is 18.2 Å². The standard InChI is InChI=1S/C14H19NO2/c1-11(2)6-5-9-15-13-8-7-12(16-3)10-14(13)17-4/h7-8,10-11,15H,9H2,1-4H3. The van der Waals surface area contributed by atoms with Crippen LogP contribution in [0.4, 0.5) is 5.69 Å². The molecule has 0 radical (unpaired) electrons.